The first kappa shape index (κ1) is 19.4. The van der Waals surface area contributed by atoms with Gasteiger partial charge >= 0.3 is 0 Å². The summed E-state index contributed by atoms with van der Waals surface area (Å²) in [5.74, 6) is 0.00185. The third-order valence-electron chi connectivity index (χ3n) is 4.59. The predicted molar refractivity (Wildman–Crippen MR) is 111 cm³/mol. The fourth-order valence-corrected chi connectivity index (χ4v) is 3.46. The Balaban J connectivity index is 0.00000210. The molecular formula is C20H20Cl2N4O. The molecule has 3 heterocycles. The Morgan fingerprint density at radius 3 is 2.70 bits per heavy atom. The minimum absolute atomic E-state index is 0. The van der Waals surface area contributed by atoms with E-state index in [1.165, 1.54) is 0 Å². The molecule has 1 amide bonds. The van der Waals surface area contributed by atoms with E-state index in [4.69, 9.17) is 11.6 Å². The molecule has 0 bridgehead atoms. The first-order valence-corrected chi connectivity index (χ1v) is 9.08. The molecule has 0 aliphatic carbocycles. The lowest BCUT2D eigenvalue weighted by Gasteiger charge is -2.19. The van der Waals surface area contributed by atoms with Crippen LogP contribution in [0, 0.1) is 6.92 Å². The van der Waals surface area contributed by atoms with Gasteiger partial charge in [-0.3, -0.25) is 4.79 Å². The van der Waals surface area contributed by atoms with Gasteiger partial charge in [0.15, 0.2) is 5.65 Å². The van der Waals surface area contributed by atoms with Crippen LogP contribution in [0.3, 0.4) is 0 Å². The largest absolute Gasteiger partial charge is 0.354 e. The molecule has 1 aromatic carbocycles. The molecule has 7 heteroatoms. The number of nitrogens with one attached hydrogen (secondary N) is 1. The second kappa shape index (κ2) is 8.11. The Morgan fingerprint density at radius 1 is 1.19 bits per heavy atom. The Morgan fingerprint density at radius 2 is 1.96 bits per heavy atom. The van der Waals surface area contributed by atoms with Gasteiger partial charge in [-0.15, -0.1) is 12.4 Å². The van der Waals surface area contributed by atoms with E-state index < -0.39 is 0 Å². The number of likely N-dealkylation sites (tertiary alicyclic amines) is 1. The summed E-state index contributed by atoms with van der Waals surface area (Å²) in [6.07, 6.45) is 3.72. The number of hydrogen-bond acceptors (Lipinski definition) is 4. The zero-order valence-electron chi connectivity index (χ0n) is 14.9. The van der Waals surface area contributed by atoms with E-state index in [0.29, 0.717) is 16.2 Å². The fourth-order valence-electron chi connectivity index (χ4n) is 3.27. The van der Waals surface area contributed by atoms with Crippen LogP contribution in [-0.2, 0) is 0 Å². The number of carbonyl (C=O) groups excluding carboxylic acids is 1. The van der Waals surface area contributed by atoms with Gasteiger partial charge in [0, 0.05) is 41.1 Å². The van der Waals surface area contributed by atoms with E-state index in [9.17, 15) is 4.79 Å². The van der Waals surface area contributed by atoms with Crippen molar-refractivity contribution in [3.05, 3.63) is 58.9 Å². The molecule has 140 valence electrons. The maximum atomic E-state index is 13.0. The number of pyridine rings is 2. The number of nitrogens with zero attached hydrogens (tertiary/aromatic N) is 3. The molecule has 0 atom stereocenters. The molecule has 2 aromatic heterocycles. The molecule has 1 saturated heterocycles. The summed E-state index contributed by atoms with van der Waals surface area (Å²) in [5, 5.41) is 4.82. The van der Waals surface area contributed by atoms with Crippen molar-refractivity contribution in [2.24, 2.45) is 0 Å². The van der Waals surface area contributed by atoms with Crippen LogP contribution in [0.15, 0.2) is 42.6 Å². The lowest BCUT2D eigenvalue weighted by atomic mass is 10.1. The molecule has 0 spiro atoms. The highest BCUT2D eigenvalue weighted by Gasteiger charge is 2.24. The van der Waals surface area contributed by atoms with Crippen LogP contribution >= 0.6 is 24.0 Å². The molecule has 0 radical (unpaired) electrons. The van der Waals surface area contributed by atoms with Crippen LogP contribution in [0.2, 0.25) is 5.02 Å². The van der Waals surface area contributed by atoms with Gasteiger partial charge in [0.25, 0.3) is 5.91 Å². The zero-order chi connectivity index (χ0) is 18.1. The fraction of sp³-hybridized carbons (Fsp3) is 0.250. The number of amides is 1. The van der Waals surface area contributed by atoms with Gasteiger partial charge in [0.1, 0.15) is 0 Å². The molecule has 4 rings (SSSR count). The number of aromatic nitrogens is 2. The van der Waals surface area contributed by atoms with Crippen molar-refractivity contribution in [1.82, 2.24) is 14.9 Å². The maximum absolute atomic E-state index is 13.0. The number of rotatable bonds is 3. The first-order chi connectivity index (χ1) is 12.6. The van der Waals surface area contributed by atoms with Gasteiger partial charge in [-0.1, -0.05) is 17.7 Å². The van der Waals surface area contributed by atoms with Crippen LogP contribution in [0.5, 0.6) is 0 Å². The van der Waals surface area contributed by atoms with Gasteiger partial charge in [0.05, 0.1) is 11.3 Å². The average Bonchev–Trinajstić information content (AvgIpc) is 3.16. The predicted octanol–water partition coefficient (Wildman–Crippen LogP) is 4.99. The summed E-state index contributed by atoms with van der Waals surface area (Å²) < 4.78 is 0. The summed E-state index contributed by atoms with van der Waals surface area (Å²) in [6, 6.07) is 11.3. The normalized spacial score (nSPS) is 13.5. The smallest absolute Gasteiger partial charge is 0.257 e. The lowest BCUT2D eigenvalue weighted by Crippen LogP contribution is -2.28. The molecule has 1 aliphatic heterocycles. The van der Waals surface area contributed by atoms with Gasteiger partial charge in [-0.05, 0) is 50.1 Å². The van der Waals surface area contributed by atoms with Crippen LogP contribution in [0.1, 0.15) is 28.9 Å². The first-order valence-electron chi connectivity index (χ1n) is 8.70. The van der Waals surface area contributed by atoms with Gasteiger partial charge in [-0.25, -0.2) is 9.97 Å². The molecule has 0 saturated carbocycles. The lowest BCUT2D eigenvalue weighted by molar-refractivity contribution is 0.0793. The SMILES string of the molecule is Cc1ccc2c(Nc3cccc(Cl)c3)c(C(=O)N3CCCC3)cnc2n1.Cl. The number of aryl methyl sites for hydroxylation is 1. The standard InChI is InChI=1S/C20H19ClN4O.ClH/c1-13-7-8-16-18(24-15-6-4-5-14(21)11-15)17(12-22-19(16)23-13)20(26)25-9-2-3-10-25;/h4-8,11-12H,2-3,9-10H2,1H3,(H,22,23,24);1H. The highest BCUT2D eigenvalue weighted by atomic mass is 35.5. The van der Waals surface area contributed by atoms with E-state index in [-0.39, 0.29) is 18.3 Å². The highest BCUT2D eigenvalue weighted by molar-refractivity contribution is 6.30. The number of halogens is 2. The molecular weight excluding hydrogens is 383 g/mol. The van der Waals surface area contributed by atoms with Crippen molar-refractivity contribution < 1.29 is 4.79 Å². The van der Waals surface area contributed by atoms with E-state index in [1.54, 1.807) is 6.20 Å². The number of anilines is 2. The minimum atomic E-state index is 0. The molecule has 1 aliphatic rings. The van der Waals surface area contributed by atoms with E-state index in [0.717, 1.165) is 48.4 Å². The van der Waals surface area contributed by atoms with Gasteiger partial charge < -0.3 is 10.2 Å². The molecule has 1 fully saturated rings. The summed E-state index contributed by atoms with van der Waals surface area (Å²) in [6.45, 7) is 3.51. The molecule has 3 aromatic rings. The third kappa shape index (κ3) is 3.99. The Hall–Kier alpha value is -2.37. The Bertz CT molecular complexity index is 987. The average molecular weight is 403 g/mol. The van der Waals surface area contributed by atoms with Gasteiger partial charge in [0.2, 0.25) is 0 Å². The summed E-state index contributed by atoms with van der Waals surface area (Å²) in [5.41, 5.74) is 3.61. The van der Waals surface area contributed by atoms with Crippen LogP contribution in [0.25, 0.3) is 11.0 Å². The third-order valence-corrected chi connectivity index (χ3v) is 4.82. The van der Waals surface area contributed by atoms with Crippen molar-refractivity contribution in [2.45, 2.75) is 19.8 Å². The number of benzene rings is 1. The second-order valence-electron chi connectivity index (χ2n) is 6.51. The Labute approximate surface area is 169 Å². The van der Waals surface area contributed by atoms with Crippen LogP contribution in [-0.4, -0.2) is 33.9 Å². The van der Waals surface area contributed by atoms with Crippen molar-refractivity contribution in [2.75, 3.05) is 18.4 Å². The Kier molecular flexibility index (Phi) is 5.82. The highest BCUT2D eigenvalue weighted by Crippen LogP contribution is 2.31. The summed E-state index contributed by atoms with van der Waals surface area (Å²) >= 11 is 6.12. The molecule has 0 unspecified atom stereocenters. The van der Waals surface area contributed by atoms with E-state index in [2.05, 4.69) is 15.3 Å². The summed E-state index contributed by atoms with van der Waals surface area (Å²) in [7, 11) is 0. The van der Waals surface area contributed by atoms with Crippen LogP contribution < -0.4 is 5.32 Å². The number of hydrogen-bond donors (Lipinski definition) is 1. The summed E-state index contributed by atoms with van der Waals surface area (Å²) in [4.78, 5) is 23.8. The minimum Gasteiger partial charge on any atom is -0.354 e. The van der Waals surface area contributed by atoms with Crippen molar-refractivity contribution in [1.29, 1.82) is 0 Å². The second-order valence-corrected chi connectivity index (χ2v) is 6.94. The molecule has 5 nitrogen and oxygen atoms in total. The van der Waals surface area contributed by atoms with Crippen molar-refractivity contribution in [3.8, 4) is 0 Å². The monoisotopic (exact) mass is 402 g/mol. The van der Waals surface area contributed by atoms with E-state index in [1.807, 2.05) is 48.2 Å². The van der Waals surface area contributed by atoms with Gasteiger partial charge in [-0.2, -0.15) is 0 Å². The topological polar surface area (TPSA) is 58.1 Å². The van der Waals surface area contributed by atoms with Crippen molar-refractivity contribution >= 4 is 52.3 Å². The van der Waals surface area contributed by atoms with Crippen LogP contribution in [0.4, 0.5) is 11.4 Å². The molecule has 1 N–H and O–H groups in total. The van der Waals surface area contributed by atoms with E-state index >= 15 is 0 Å². The zero-order valence-corrected chi connectivity index (χ0v) is 16.5. The van der Waals surface area contributed by atoms with Crippen molar-refractivity contribution in [3.63, 3.8) is 0 Å². The molecule has 27 heavy (non-hydrogen) atoms. The number of fused-ring (bicyclic) bond motifs is 1. The maximum Gasteiger partial charge on any atom is 0.257 e. The number of carbonyl (C=O) groups is 1. The quantitative estimate of drug-likeness (QED) is 0.669.